The van der Waals surface area contributed by atoms with Crippen LogP contribution in [-0.4, -0.2) is 60.4 Å². The van der Waals surface area contributed by atoms with Gasteiger partial charge in [0.15, 0.2) is 0 Å². The highest BCUT2D eigenvalue weighted by molar-refractivity contribution is 5.86. The quantitative estimate of drug-likeness (QED) is 0.834. The monoisotopic (exact) mass is 393 g/mol. The van der Waals surface area contributed by atoms with Gasteiger partial charge in [-0.3, -0.25) is 14.5 Å². The molecule has 154 valence electrons. The van der Waals surface area contributed by atoms with Gasteiger partial charge in [-0.25, -0.2) is 0 Å². The minimum Gasteiger partial charge on any atom is -0.352 e. The fourth-order valence-corrected chi connectivity index (χ4v) is 7.25. The summed E-state index contributed by atoms with van der Waals surface area (Å²) >= 11 is 0. The molecule has 6 aliphatic rings. The highest BCUT2D eigenvalue weighted by Gasteiger charge is 2.73. The summed E-state index contributed by atoms with van der Waals surface area (Å²) < 4.78 is 0. The van der Waals surface area contributed by atoms with E-state index in [1.54, 1.807) is 0 Å². The van der Waals surface area contributed by atoms with Crippen molar-refractivity contribution < 1.29 is 9.59 Å². The van der Waals surface area contributed by atoms with Crippen molar-refractivity contribution in [2.45, 2.75) is 50.0 Å². The number of hydrogen-bond acceptors (Lipinski definition) is 3. The minimum atomic E-state index is -0.105. The molecule has 0 spiro atoms. The summed E-state index contributed by atoms with van der Waals surface area (Å²) in [5, 5.41) is 3.07. The summed E-state index contributed by atoms with van der Waals surface area (Å²) in [4.78, 5) is 30.1. The second-order valence-corrected chi connectivity index (χ2v) is 10.3. The van der Waals surface area contributed by atoms with Gasteiger partial charge in [0, 0.05) is 32.2 Å². The maximum atomic E-state index is 13.7. The Hall–Kier alpha value is -1.88. The standard InChI is InChI=1S/C24H31N3O2/c28-21(25-20-6-7-20)15-26-8-10-27(11-9-26)22(29)24-14-18-12-19(24)13-23(18,16-24)17-4-2-1-3-5-17/h1-5,18-20H,6-16H2,(H,25,28). The van der Waals surface area contributed by atoms with E-state index < -0.39 is 0 Å². The molecule has 4 unspecified atom stereocenters. The molecular formula is C24H31N3O2. The van der Waals surface area contributed by atoms with Crippen LogP contribution in [0.5, 0.6) is 0 Å². The third kappa shape index (κ3) is 2.69. The average Bonchev–Trinajstić information content (AvgIpc) is 3.11. The van der Waals surface area contributed by atoms with Gasteiger partial charge in [-0.2, -0.15) is 0 Å². The number of carbonyl (C=O) groups is 2. The highest BCUT2D eigenvalue weighted by Crippen LogP contribution is 2.76. The zero-order valence-electron chi connectivity index (χ0n) is 17.1. The summed E-state index contributed by atoms with van der Waals surface area (Å²) in [5.74, 6) is 1.82. The van der Waals surface area contributed by atoms with Gasteiger partial charge in [-0.05, 0) is 61.3 Å². The Morgan fingerprint density at radius 2 is 1.76 bits per heavy atom. The molecule has 1 aromatic rings. The first-order valence-electron chi connectivity index (χ1n) is 11.5. The largest absolute Gasteiger partial charge is 0.352 e. The van der Waals surface area contributed by atoms with Crippen LogP contribution in [0.1, 0.15) is 44.1 Å². The van der Waals surface area contributed by atoms with Crippen LogP contribution < -0.4 is 5.32 Å². The number of rotatable bonds is 5. The van der Waals surface area contributed by atoms with E-state index in [1.807, 2.05) is 0 Å². The second-order valence-electron chi connectivity index (χ2n) is 10.3. The fourth-order valence-electron chi connectivity index (χ4n) is 7.25. The van der Waals surface area contributed by atoms with Crippen molar-refractivity contribution in [2.75, 3.05) is 32.7 Å². The molecule has 1 aromatic carbocycles. The van der Waals surface area contributed by atoms with Crippen molar-refractivity contribution in [2.24, 2.45) is 17.3 Å². The van der Waals surface area contributed by atoms with Crippen molar-refractivity contribution in [3.63, 3.8) is 0 Å². The Balaban J connectivity index is 1.11. The van der Waals surface area contributed by atoms with Crippen molar-refractivity contribution in [1.82, 2.24) is 15.1 Å². The van der Waals surface area contributed by atoms with Crippen LogP contribution in [0.15, 0.2) is 30.3 Å². The van der Waals surface area contributed by atoms with Crippen LogP contribution in [0.25, 0.3) is 0 Å². The van der Waals surface area contributed by atoms with E-state index in [0.717, 1.165) is 51.9 Å². The molecule has 7 rings (SSSR count). The topological polar surface area (TPSA) is 52.7 Å². The smallest absolute Gasteiger partial charge is 0.234 e. The summed E-state index contributed by atoms with van der Waals surface area (Å²) in [6.07, 6.45) is 6.85. The van der Waals surface area contributed by atoms with E-state index in [2.05, 4.69) is 45.4 Å². The van der Waals surface area contributed by atoms with Crippen LogP contribution in [0.3, 0.4) is 0 Å². The van der Waals surface area contributed by atoms with E-state index in [4.69, 9.17) is 0 Å². The molecule has 5 aliphatic carbocycles. The van der Waals surface area contributed by atoms with Gasteiger partial charge in [0.2, 0.25) is 11.8 Å². The van der Waals surface area contributed by atoms with Crippen molar-refractivity contribution in [1.29, 1.82) is 0 Å². The van der Waals surface area contributed by atoms with Crippen molar-refractivity contribution >= 4 is 11.8 Å². The van der Waals surface area contributed by atoms with Gasteiger partial charge in [0.1, 0.15) is 0 Å². The maximum Gasteiger partial charge on any atom is 0.234 e. The molecule has 0 radical (unpaired) electrons. The Kier molecular flexibility index (Phi) is 3.90. The van der Waals surface area contributed by atoms with Crippen LogP contribution >= 0.6 is 0 Å². The number of hydrogen-bond donors (Lipinski definition) is 1. The van der Waals surface area contributed by atoms with Gasteiger partial charge >= 0.3 is 0 Å². The van der Waals surface area contributed by atoms with Crippen LogP contribution in [0.4, 0.5) is 0 Å². The number of benzene rings is 1. The predicted octanol–water partition coefficient (Wildman–Crippen LogP) is 2.17. The Bertz CT molecular complexity index is 830. The molecule has 1 aliphatic heterocycles. The molecule has 1 N–H and O–H groups in total. The van der Waals surface area contributed by atoms with Crippen LogP contribution in [0.2, 0.25) is 0 Å². The second kappa shape index (κ2) is 6.31. The average molecular weight is 394 g/mol. The molecule has 5 nitrogen and oxygen atoms in total. The number of carbonyl (C=O) groups excluding carboxylic acids is 2. The lowest BCUT2D eigenvalue weighted by atomic mass is 9.74. The first kappa shape index (κ1) is 17.9. The van der Waals surface area contributed by atoms with Crippen molar-refractivity contribution in [3.05, 3.63) is 35.9 Å². The lowest BCUT2D eigenvalue weighted by molar-refractivity contribution is -0.145. The zero-order chi connectivity index (χ0) is 19.6. The molecule has 1 saturated heterocycles. The van der Waals surface area contributed by atoms with Crippen molar-refractivity contribution in [3.8, 4) is 0 Å². The fraction of sp³-hybridized carbons (Fsp3) is 0.667. The van der Waals surface area contributed by atoms with Gasteiger partial charge in [-0.1, -0.05) is 30.3 Å². The number of amides is 2. The van der Waals surface area contributed by atoms with Gasteiger partial charge < -0.3 is 10.2 Å². The lowest BCUT2D eigenvalue weighted by Crippen LogP contribution is -2.54. The summed E-state index contributed by atoms with van der Waals surface area (Å²) in [6.45, 7) is 3.65. The number of piperazine rings is 1. The lowest BCUT2D eigenvalue weighted by Gasteiger charge is -2.39. The maximum absolute atomic E-state index is 13.7. The van der Waals surface area contributed by atoms with E-state index in [-0.39, 0.29) is 16.7 Å². The van der Waals surface area contributed by atoms with E-state index in [0.29, 0.717) is 30.3 Å². The van der Waals surface area contributed by atoms with Crippen LogP contribution in [0, 0.1) is 17.3 Å². The van der Waals surface area contributed by atoms with Gasteiger partial charge in [-0.15, -0.1) is 0 Å². The van der Waals surface area contributed by atoms with E-state index in [9.17, 15) is 9.59 Å². The molecule has 29 heavy (non-hydrogen) atoms. The number of nitrogens with one attached hydrogen (secondary N) is 1. The molecule has 0 aromatic heterocycles. The molecule has 1 heterocycles. The van der Waals surface area contributed by atoms with Gasteiger partial charge in [0.25, 0.3) is 0 Å². The molecule has 5 heteroatoms. The summed E-state index contributed by atoms with van der Waals surface area (Å²) in [7, 11) is 0. The molecule has 5 saturated carbocycles. The summed E-state index contributed by atoms with van der Waals surface area (Å²) in [6, 6.07) is 11.4. The van der Waals surface area contributed by atoms with E-state index in [1.165, 1.54) is 18.4 Å². The minimum absolute atomic E-state index is 0.105. The number of nitrogens with zero attached hydrogens (tertiary/aromatic N) is 2. The zero-order valence-corrected chi connectivity index (χ0v) is 17.1. The SMILES string of the molecule is O=C(CN1CCN(C(=O)C23CC4CC2CC4(c2ccccc2)C3)CC1)NC1CC1. The molecule has 6 fully saturated rings. The van der Waals surface area contributed by atoms with Gasteiger partial charge in [0.05, 0.1) is 12.0 Å². The molecular weight excluding hydrogens is 362 g/mol. The third-order valence-corrected chi connectivity index (χ3v) is 8.73. The molecule has 2 amide bonds. The normalized spacial score (nSPS) is 38.0. The Labute approximate surface area is 172 Å². The highest BCUT2D eigenvalue weighted by atomic mass is 16.2. The molecule has 4 atom stereocenters. The summed E-state index contributed by atoms with van der Waals surface area (Å²) in [5.41, 5.74) is 1.61. The van der Waals surface area contributed by atoms with E-state index >= 15 is 0 Å². The Morgan fingerprint density at radius 1 is 1.00 bits per heavy atom. The molecule has 4 bridgehead atoms. The predicted molar refractivity (Wildman–Crippen MR) is 110 cm³/mol. The van der Waals surface area contributed by atoms with Crippen LogP contribution in [-0.2, 0) is 15.0 Å². The third-order valence-electron chi connectivity index (χ3n) is 8.73. The first-order chi connectivity index (χ1) is 14.1. The Morgan fingerprint density at radius 3 is 2.41 bits per heavy atom. The first-order valence-corrected chi connectivity index (χ1v) is 11.5.